The zero-order chi connectivity index (χ0) is 23.9. The molecule has 0 atom stereocenters. The number of nitro benzene ring substituents is 1. The van der Waals surface area contributed by atoms with Crippen molar-refractivity contribution in [3.05, 3.63) is 57.6 Å². The standard InChI is InChI=1S/C23H29N3O5S/c1-15-7-8-16(2)19(13-15)31-12-6-11-23(3,4)21(27)25-22(32)24-18-10-9-17(26(28)29)14-20(18)30-5/h7-10,13-14H,6,11-12H2,1-5H3,(H2,24,25,27,32). The number of methoxy groups -OCH3 is 1. The Bertz CT molecular complexity index is 1010. The Morgan fingerprint density at radius 2 is 1.88 bits per heavy atom. The van der Waals surface area contributed by atoms with Gasteiger partial charge in [0.1, 0.15) is 11.5 Å². The van der Waals surface area contributed by atoms with Crippen molar-refractivity contribution >= 4 is 34.6 Å². The number of amides is 1. The van der Waals surface area contributed by atoms with Crippen molar-refractivity contribution in [3.63, 3.8) is 0 Å². The Hall–Kier alpha value is -3.20. The number of carbonyl (C=O) groups is 1. The van der Waals surface area contributed by atoms with E-state index in [0.29, 0.717) is 25.1 Å². The largest absolute Gasteiger partial charge is 0.494 e. The number of ether oxygens (including phenoxy) is 2. The molecule has 0 aromatic heterocycles. The van der Waals surface area contributed by atoms with Gasteiger partial charge in [-0.2, -0.15) is 0 Å². The third-order valence-corrected chi connectivity index (χ3v) is 5.24. The zero-order valence-corrected chi connectivity index (χ0v) is 19.8. The molecule has 32 heavy (non-hydrogen) atoms. The quantitative estimate of drug-likeness (QED) is 0.237. The van der Waals surface area contributed by atoms with Gasteiger partial charge < -0.3 is 20.1 Å². The number of thiocarbonyl (C=S) groups is 1. The number of hydrogen-bond donors (Lipinski definition) is 2. The Morgan fingerprint density at radius 1 is 1.16 bits per heavy atom. The summed E-state index contributed by atoms with van der Waals surface area (Å²) in [7, 11) is 1.40. The third-order valence-electron chi connectivity index (χ3n) is 5.03. The first-order valence-electron chi connectivity index (χ1n) is 10.2. The van der Waals surface area contributed by atoms with Gasteiger partial charge in [0.15, 0.2) is 5.11 Å². The SMILES string of the molecule is COc1cc([N+](=O)[O-])ccc1NC(=S)NC(=O)C(C)(C)CCCOc1cc(C)ccc1C. The predicted octanol–water partition coefficient (Wildman–Crippen LogP) is 4.92. The smallest absolute Gasteiger partial charge is 0.273 e. The van der Waals surface area contributed by atoms with Crippen molar-refractivity contribution in [1.29, 1.82) is 0 Å². The van der Waals surface area contributed by atoms with Crippen LogP contribution in [0.3, 0.4) is 0 Å². The summed E-state index contributed by atoms with van der Waals surface area (Å²) in [6.07, 6.45) is 1.30. The molecule has 0 aliphatic carbocycles. The van der Waals surface area contributed by atoms with Crippen LogP contribution >= 0.6 is 12.2 Å². The first-order valence-corrected chi connectivity index (χ1v) is 10.6. The van der Waals surface area contributed by atoms with E-state index in [2.05, 4.69) is 10.6 Å². The summed E-state index contributed by atoms with van der Waals surface area (Å²) in [5, 5.41) is 16.5. The van der Waals surface area contributed by atoms with Crippen LogP contribution in [-0.2, 0) is 4.79 Å². The van der Waals surface area contributed by atoms with Crippen molar-refractivity contribution in [3.8, 4) is 11.5 Å². The van der Waals surface area contributed by atoms with E-state index in [-0.39, 0.29) is 22.5 Å². The van der Waals surface area contributed by atoms with Gasteiger partial charge in [-0.25, -0.2) is 0 Å². The third kappa shape index (κ3) is 6.91. The summed E-state index contributed by atoms with van der Waals surface area (Å²) < 4.78 is 11.0. The van der Waals surface area contributed by atoms with Crippen molar-refractivity contribution in [1.82, 2.24) is 5.32 Å². The average molecular weight is 460 g/mol. The number of hydrogen-bond acceptors (Lipinski definition) is 6. The molecule has 0 heterocycles. The first-order chi connectivity index (χ1) is 15.0. The second-order valence-corrected chi connectivity index (χ2v) is 8.56. The van der Waals surface area contributed by atoms with Crippen LogP contribution in [0, 0.1) is 29.4 Å². The summed E-state index contributed by atoms with van der Waals surface area (Å²) in [4.78, 5) is 23.1. The fraction of sp³-hybridized carbons (Fsp3) is 0.391. The minimum atomic E-state index is -0.670. The number of aryl methyl sites for hydroxylation is 2. The Labute approximate surface area is 193 Å². The summed E-state index contributed by atoms with van der Waals surface area (Å²) in [5.41, 5.74) is 1.85. The van der Waals surface area contributed by atoms with Crippen LogP contribution in [0.2, 0.25) is 0 Å². The molecule has 2 aromatic rings. The van der Waals surface area contributed by atoms with Gasteiger partial charge in [0, 0.05) is 11.5 Å². The van der Waals surface area contributed by atoms with Crippen LogP contribution in [0.25, 0.3) is 0 Å². The van der Waals surface area contributed by atoms with Crippen LogP contribution in [0.15, 0.2) is 36.4 Å². The van der Waals surface area contributed by atoms with Crippen LogP contribution in [0.4, 0.5) is 11.4 Å². The Balaban J connectivity index is 1.88. The highest BCUT2D eigenvalue weighted by Crippen LogP contribution is 2.29. The van der Waals surface area contributed by atoms with Crippen molar-refractivity contribution in [2.24, 2.45) is 5.41 Å². The maximum absolute atomic E-state index is 12.7. The highest BCUT2D eigenvalue weighted by atomic mass is 32.1. The number of nitrogens with zero attached hydrogens (tertiary/aromatic N) is 1. The molecule has 0 unspecified atom stereocenters. The van der Waals surface area contributed by atoms with E-state index in [1.165, 1.54) is 25.3 Å². The molecule has 172 valence electrons. The molecule has 2 rings (SSSR count). The van der Waals surface area contributed by atoms with E-state index in [4.69, 9.17) is 21.7 Å². The lowest BCUT2D eigenvalue weighted by molar-refractivity contribution is -0.384. The topological polar surface area (TPSA) is 103 Å². The molecule has 8 nitrogen and oxygen atoms in total. The van der Waals surface area contributed by atoms with Crippen molar-refractivity contribution in [2.45, 2.75) is 40.5 Å². The number of nitro groups is 1. The van der Waals surface area contributed by atoms with Gasteiger partial charge in [0.2, 0.25) is 5.91 Å². The normalized spacial score (nSPS) is 10.9. The van der Waals surface area contributed by atoms with E-state index in [0.717, 1.165) is 16.9 Å². The molecule has 2 aromatic carbocycles. The van der Waals surface area contributed by atoms with Gasteiger partial charge in [-0.1, -0.05) is 26.0 Å². The van der Waals surface area contributed by atoms with E-state index in [9.17, 15) is 14.9 Å². The minimum absolute atomic E-state index is 0.0851. The Morgan fingerprint density at radius 3 is 2.53 bits per heavy atom. The molecule has 0 aliphatic heterocycles. The van der Waals surface area contributed by atoms with E-state index in [1.54, 1.807) is 0 Å². The molecule has 9 heteroatoms. The maximum atomic E-state index is 12.7. The molecule has 1 amide bonds. The highest BCUT2D eigenvalue weighted by Gasteiger charge is 2.28. The Kier molecular flexibility index (Phi) is 8.54. The molecule has 0 aliphatic rings. The maximum Gasteiger partial charge on any atom is 0.273 e. The second-order valence-electron chi connectivity index (χ2n) is 8.15. The molecular weight excluding hydrogens is 430 g/mol. The van der Waals surface area contributed by atoms with Crippen LogP contribution in [0.5, 0.6) is 11.5 Å². The van der Waals surface area contributed by atoms with Crippen molar-refractivity contribution in [2.75, 3.05) is 19.0 Å². The average Bonchev–Trinajstić information content (AvgIpc) is 2.73. The van der Waals surface area contributed by atoms with E-state index >= 15 is 0 Å². The molecule has 2 N–H and O–H groups in total. The van der Waals surface area contributed by atoms with Gasteiger partial charge in [-0.05, 0) is 62.2 Å². The second kappa shape index (κ2) is 10.9. The van der Waals surface area contributed by atoms with Gasteiger partial charge in [-0.15, -0.1) is 0 Å². The lowest BCUT2D eigenvalue weighted by Gasteiger charge is -2.24. The minimum Gasteiger partial charge on any atom is -0.494 e. The van der Waals surface area contributed by atoms with Gasteiger partial charge in [0.05, 0.1) is 30.4 Å². The van der Waals surface area contributed by atoms with E-state index in [1.807, 2.05) is 45.9 Å². The van der Waals surface area contributed by atoms with E-state index < -0.39 is 10.3 Å². The van der Waals surface area contributed by atoms with Crippen LogP contribution < -0.4 is 20.1 Å². The molecule has 0 saturated heterocycles. The summed E-state index contributed by atoms with van der Waals surface area (Å²) in [5.74, 6) is 0.871. The predicted molar refractivity (Wildman–Crippen MR) is 128 cm³/mol. The number of nitrogens with one attached hydrogen (secondary N) is 2. The van der Waals surface area contributed by atoms with Crippen molar-refractivity contribution < 1.29 is 19.2 Å². The lowest BCUT2D eigenvalue weighted by Crippen LogP contribution is -2.42. The fourth-order valence-corrected chi connectivity index (χ4v) is 3.20. The molecule has 0 spiro atoms. The monoisotopic (exact) mass is 459 g/mol. The molecule has 0 saturated carbocycles. The first kappa shape index (κ1) is 25.1. The fourth-order valence-electron chi connectivity index (χ4n) is 3.00. The lowest BCUT2D eigenvalue weighted by atomic mass is 9.87. The van der Waals surface area contributed by atoms with Crippen LogP contribution in [-0.4, -0.2) is 29.7 Å². The van der Waals surface area contributed by atoms with Gasteiger partial charge >= 0.3 is 0 Å². The number of rotatable bonds is 9. The van der Waals surface area contributed by atoms with Gasteiger partial charge in [0.25, 0.3) is 5.69 Å². The number of benzene rings is 2. The highest BCUT2D eigenvalue weighted by molar-refractivity contribution is 7.80. The van der Waals surface area contributed by atoms with Crippen LogP contribution in [0.1, 0.15) is 37.8 Å². The number of non-ortho nitro benzene ring substituents is 1. The number of anilines is 1. The zero-order valence-electron chi connectivity index (χ0n) is 19.0. The number of carbonyl (C=O) groups excluding carboxylic acids is 1. The summed E-state index contributed by atoms with van der Waals surface area (Å²) in [6.45, 7) is 8.21. The molecular formula is C23H29N3O5S. The molecule has 0 radical (unpaired) electrons. The van der Waals surface area contributed by atoms with Gasteiger partial charge in [-0.3, -0.25) is 14.9 Å². The molecule has 0 bridgehead atoms. The molecule has 0 fully saturated rings. The summed E-state index contributed by atoms with van der Waals surface area (Å²) in [6, 6.07) is 10.2. The summed E-state index contributed by atoms with van der Waals surface area (Å²) >= 11 is 5.24.